The first-order valence-electron chi connectivity index (χ1n) is 12.3. The summed E-state index contributed by atoms with van der Waals surface area (Å²) in [5.74, 6) is -5.73. The highest BCUT2D eigenvalue weighted by Gasteiger charge is 2.26. The van der Waals surface area contributed by atoms with Crippen molar-refractivity contribution in [3.63, 3.8) is 0 Å². The predicted octanol–water partition coefficient (Wildman–Crippen LogP) is -0.711. The Morgan fingerprint density at radius 3 is 1.39 bits per heavy atom. The van der Waals surface area contributed by atoms with Crippen molar-refractivity contribution < 1.29 is 48.8 Å². The summed E-state index contributed by atoms with van der Waals surface area (Å²) in [6.45, 7) is 0. The molecule has 9 N–H and O–H groups in total. The van der Waals surface area contributed by atoms with Crippen LogP contribution in [0.5, 0.6) is 0 Å². The van der Waals surface area contributed by atoms with Gasteiger partial charge in [0.1, 0.15) is 12.1 Å². The molecule has 0 unspecified atom stereocenters. The van der Waals surface area contributed by atoms with Gasteiger partial charge in [0.2, 0.25) is 11.8 Å². The molecule has 14 nitrogen and oxygen atoms in total. The number of carbonyl (C=O) groups excluding carboxylic acids is 3. The molecule has 0 spiro atoms. The summed E-state index contributed by atoms with van der Waals surface area (Å²) in [5, 5.41) is 30.9. The molecule has 0 bridgehead atoms. The van der Waals surface area contributed by atoms with Crippen LogP contribution in [-0.2, 0) is 46.3 Å². The van der Waals surface area contributed by atoms with Crippen molar-refractivity contribution in [1.29, 1.82) is 0 Å². The maximum absolute atomic E-state index is 11.8. The molecular formula is C27H34N4O10. The van der Waals surface area contributed by atoms with Gasteiger partial charge >= 0.3 is 23.9 Å². The Bertz CT molecular complexity index is 1180. The molecule has 0 saturated heterocycles. The molecule has 2 rings (SSSR count). The van der Waals surface area contributed by atoms with E-state index in [0.717, 1.165) is 11.1 Å². The van der Waals surface area contributed by atoms with Gasteiger partial charge in [0.15, 0.2) is 0 Å². The van der Waals surface area contributed by atoms with Gasteiger partial charge in [-0.15, -0.1) is 0 Å². The molecule has 0 radical (unpaired) electrons. The zero-order valence-corrected chi connectivity index (χ0v) is 22.3. The fourth-order valence-corrected chi connectivity index (χ4v) is 3.35. The molecule has 0 aliphatic heterocycles. The third-order valence-electron chi connectivity index (χ3n) is 5.44. The summed E-state index contributed by atoms with van der Waals surface area (Å²) >= 11 is 0. The molecule has 0 heterocycles. The number of carboxylic acid groups (broad SMARTS) is 3. The fourth-order valence-electron chi connectivity index (χ4n) is 3.35. The van der Waals surface area contributed by atoms with Crippen molar-refractivity contribution in [2.75, 3.05) is 7.11 Å². The zero-order chi connectivity index (χ0) is 30.9. The Morgan fingerprint density at radius 1 is 0.683 bits per heavy atom. The minimum atomic E-state index is -1.27. The smallest absolute Gasteiger partial charge is 0.328 e. The monoisotopic (exact) mass is 574 g/mol. The molecule has 0 saturated carbocycles. The Balaban J connectivity index is 0.000000410. The van der Waals surface area contributed by atoms with Crippen LogP contribution in [0.15, 0.2) is 60.7 Å². The van der Waals surface area contributed by atoms with Crippen molar-refractivity contribution >= 4 is 35.7 Å². The summed E-state index contributed by atoms with van der Waals surface area (Å²) in [4.78, 5) is 67.2. The molecule has 222 valence electrons. The van der Waals surface area contributed by atoms with E-state index in [0.29, 0.717) is 0 Å². The van der Waals surface area contributed by atoms with Gasteiger partial charge in [0, 0.05) is 12.8 Å². The van der Waals surface area contributed by atoms with E-state index in [1.807, 2.05) is 18.2 Å². The third kappa shape index (κ3) is 13.7. The highest BCUT2D eigenvalue weighted by Crippen LogP contribution is 2.06. The van der Waals surface area contributed by atoms with E-state index in [1.165, 1.54) is 7.11 Å². The van der Waals surface area contributed by atoms with Gasteiger partial charge in [-0.1, -0.05) is 60.7 Å². The van der Waals surface area contributed by atoms with Crippen molar-refractivity contribution in [3.8, 4) is 0 Å². The largest absolute Gasteiger partial charge is 0.481 e. The second kappa shape index (κ2) is 17.7. The Morgan fingerprint density at radius 2 is 1.05 bits per heavy atom. The summed E-state index contributed by atoms with van der Waals surface area (Å²) in [6.07, 6.45) is -0.727. The third-order valence-corrected chi connectivity index (χ3v) is 5.44. The maximum atomic E-state index is 11.8. The normalized spacial score (nSPS) is 13.1. The van der Waals surface area contributed by atoms with E-state index in [2.05, 4.69) is 15.4 Å². The number of hydrogen-bond acceptors (Lipinski definition) is 9. The average Bonchev–Trinajstić information content (AvgIpc) is 2.92. The summed E-state index contributed by atoms with van der Waals surface area (Å²) in [7, 11) is 1.21. The summed E-state index contributed by atoms with van der Waals surface area (Å²) in [5.41, 5.74) is 12.4. The van der Waals surface area contributed by atoms with Gasteiger partial charge < -0.3 is 42.2 Å². The van der Waals surface area contributed by atoms with Gasteiger partial charge in [0.05, 0.1) is 32.0 Å². The number of carbonyl (C=O) groups is 6. The number of benzene rings is 2. The predicted molar refractivity (Wildman–Crippen MR) is 144 cm³/mol. The van der Waals surface area contributed by atoms with Gasteiger partial charge in [0.25, 0.3) is 0 Å². The number of amides is 2. The topological polar surface area (TPSA) is 248 Å². The lowest BCUT2D eigenvalue weighted by molar-refractivity contribution is -0.145. The van der Waals surface area contributed by atoms with E-state index in [1.54, 1.807) is 42.5 Å². The lowest BCUT2D eigenvalue weighted by atomic mass is 10.1. The number of nitrogens with two attached hydrogens (primary N) is 2. The molecule has 0 aromatic heterocycles. The summed E-state index contributed by atoms with van der Waals surface area (Å²) in [6, 6.07) is 13.3. The van der Waals surface area contributed by atoms with Crippen LogP contribution in [0.1, 0.15) is 24.0 Å². The minimum absolute atomic E-state index is 0.0989. The number of esters is 1. The zero-order valence-electron chi connectivity index (χ0n) is 22.3. The lowest BCUT2D eigenvalue weighted by Gasteiger charge is -2.18. The van der Waals surface area contributed by atoms with E-state index in [4.69, 9.17) is 26.8 Å². The molecule has 0 aliphatic rings. The lowest BCUT2D eigenvalue weighted by Crippen LogP contribution is -2.50. The number of ether oxygens (including phenoxy) is 1. The van der Waals surface area contributed by atoms with E-state index in [9.17, 15) is 28.8 Å². The fraction of sp³-hybridized carbons (Fsp3) is 0.333. The first-order valence-corrected chi connectivity index (χ1v) is 12.3. The number of rotatable bonds is 14. The van der Waals surface area contributed by atoms with Crippen molar-refractivity contribution in [3.05, 3.63) is 71.8 Å². The Hall–Kier alpha value is -4.82. The van der Waals surface area contributed by atoms with Crippen molar-refractivity contribution in [1.82, 2.24) is 10.6 Å². The number of nitrogens with one attached hydrogen (secondary N) is 2. The van der Waals surface area contributed by atoms with E-state index < -0.39 is 72.7 Å². The molecule has 2 aromatic rings. The number of carboxylic acids is 3. The highest BCUT2D eigenvalue weighted by atomic mass is 16.5. The molecule has 4 atom stereocenters. The van der Waals surface area contributed by atoms with Crippen LogP contribution in [-0.4, -0.2) is 82.3 Å². The Labute approximate surface area is 235 Å². The van der Waals surface area contributed by atoms with Gasteiger partial charge in [-0.3, -0.25) is 19.2 Å². The molecule has 0 aliphatic carbocycles. The van der Waals surface area contributed by atoms with Crippen LogP contribution >= 0.6 is 0 Å². The molecule has 41 heavy (non-hydrogen) atoms. The van der Waals surface area contributed by atoms with Crippen molar-refractivity contribution in [2.24, 2.45) is 11.5 Å². The van der Waals surface area contributed by atoms with Crippen LogP contribution < -0.4 is 22.1 Å². The molecular weight excluding hydrogens is 540 g/mol. The van der Waals surface area contributed by atoms with E-state index in [-0.39, 0.29) is 12.8 Å². The first kappa shape index (κ1) is 34.2. The molecule has 2 aromatic carbocycles. The number of methoxy groups -OCH3 is 1. The first-order chi connectivity index (χ1) is 19.3. The number of hydrogen-bond donors (Lipinski definition) is 7. The van der Waals surface area contributed by atoms with Gasteiger partial charge in [-0.05, 0) is 11.1 Å². The number of aliphatic carboxylic acids is 3. The molecule has 0 fully saturated rings. The van der Waals surface area contributed by atoms with Gasteiger partial charge in [-0.2, -0.15) is 0 Å². The molecule has 14 heteroatoms. The molecule has 2 amide bonds. The second-order valence-corrected chi connectivity index (χ2v) is 8.77. The quantitative estimate of drug-likeness (QED) is 0.138. The van der Waals surface area contributed by atoms with Crippen LogP contribution in [0.2, 0.25) is 0 Å². The van der Waals surface area contributed by atoms with Gasteiger partial charge in [-0.25, -0.2) is 9.59 Å². The standard InChI is InChI=1S/C14H18N2O5.C13H16N2O5/c1-21-14(20)11(7-9-5-3-2-4-6-9)16-13(19)10(15)8-12(17)18;14-9(7-11(16)17)12(18)15-10(13(19)20)6-8-4-2-1-3-5-8/h2-6,10-11H,7-8,15H2,1H3,(H,16,19)(H,17,18);1-5,9-10H,6-7,14H2,(H,15,18)(H,16,17)(H,19,20)/t10-,11-;9-,10-/m00/s1. The van der Waals surface area contributed by atoms with Crippen LogP contribution in [0.4, 0.5) is 0 Å². The Kier molecular flexibility index (Phi) is 14.8. The average molecular weight is 575 g/mol. The van der Waals surface area contributed by atoms with Crippen LogP contribution in [0, 0.1) is 0 Å². The van der Waals surface area contributed by atoms with Crippen molar-refractivity contribution in [2.45, 2.75) is 49.9 Å². The minimum Gasteiger partial charge on any atom is -0.481 e. The SMILES string of the molecule is COC(=O)[C@H](Cc1ccccc1)NC(=O)[C@@H](N)CC(=O)O.N[C@@H](CC(=O)O)C(=O)N[C@@H](Cc1ccccc1)C(=O)O. The maximum Gasteiger partial charge on any atom is 0.328 e. The highest BCUT2D eigenvalue weighted by molar-refractivity contribution is 5.90. The van der Waals surface area contributed by atoms with Crippen LogP contribution in [0.25, 0.3) is 0 Å². The summed E-state index contributed by atoms with van der Waals surface area (Å²) < 4.78 is 4.64. The second-order valence-electron chi connectivity index (χ2n) is 8.77. The van der Waals surface area contributed by atoms with E-state index >= 15 is 0 Å². The van der Waals surface area contributed by atoms with Crippen LogP contribution in [0.3, 0.4) is 0 Å².